The fourth-order valence-electron chi connectivity index (χ4n) is 3.47. The lowest BCUT2D eigenvalue weighted by Gasteiger charge is -2.26. The van der Waals surface area contributed by atoms with E-state index in [2.05, 4.69) is 20.4 Å². The van der Waals surface area contributed by atoms with Crippen LogP contribution < -0.4 is 0 Å². The first-order valence-electron chi connectivity index (χ1n) is 6.37. The van der Waals surface area contributed by atoms with Crippen molar-refractivity contribution in [2.45, 2.75) is 45.8 Å². The third-order valence-electron chi connectivity index (χ3n) is 4.48. The Morgan fingerprint density at radius 1 is 1.59 bits per heavy atom. The van der Waals surface area contributed by atoms with Crippen molar-refractivity contribution in [3.05, 3.63) is 12.7 Å². The quantitative estimate of drug-likeness (QED) is 0.605. The first-order valence-corrected chi connectivity index (χ1v) is 6.37. The highest BCUT2D eigenvalue weighted by atomic mass is 16.6. The van der Waals surface area contributed by atoms with Gasteiger partial charge < -0.3 is 9.84 Å². The Labute approximate surface area is 103 Å². The molecule has 3 heteroatoms. The number of aliphatic hydroxyl groups excluding tert-OH is 1. The van der Waals surface area contributed by atoms with E-state index < -0.39 is 6.10 Å². The SMILES string of the molecule is C=C[C@@H](C)[C@H](O)[C@H]1CC(C)(C)[C@H]2OC(=O)C[C@@H]12. The molecule has 0 spiro atoms. The number of hydrogen-bond acceptors (Lipinski definition) is 3. The van der Waals surface area contributed by atoms with Crippen molar-refractivity contribution in [2.75, 3.05) is 0 Å². The van der Waals surface area contributed by atoms with Crippen LogP contribution in [0, 0.1) is 23.2 Å². The summed E-state index contributed by atoms with van der Waals surface area (Å²) < 4.78 is 5.42. The van der Waals surface area contributed by atoms with E-state index in [9.17, 15) is 9.90 Å². The van der Waals surface area contributed by atoms with Crippen molar-refractivity contribution in [1.29, 1.82) is 0 Å². The third kappa shape index (κ3) is 2.01. The van der Waals surface area contributed by atoms with E-state index in [4.69, 9.17) is 4.74 Å². The van der Waals surface area contributed by atoms with E-state index in [1.165, 1.54) is 0 Å². The molecule has 1 saturated heterocycles. The van der Waals surface area contributed by atoms with Gasteiger partial charge in [-0.1, -0.05) is 26.8 Å². The molecule has 0 bridgehead atoms. The molecule has 0 aromatic carbocycles. The van der Waals surface area contributed by atoms with Crippen LogP contribution in [-0.2, 0) is 9.53 Å². The summed E-state index contributed by atoms with van der Waals surface area (Å²) in [4.78, 5) is 11.4. The lowest BCUT2D eigenvalue weighted by atomic mass is 9.83. The van der Waals surface area contributed by atoms with E-state index >= 15 is 0 Å². The van der Waals surface area contributed by atoms with Crippen molar-refractivity contribution in [3.8, 4) is 0 Å². The maximum atomic E-state index is 11.4. The van der Waals surface area contributed by atoms with Crippen LogP contribution in [0.1, 0.15) is 33.6 Å². The first-order chi connectivity index (χ1) is 7.86. The fraction of sp³-hybridized carbons (Fsp3) is 0.786. The maximum Gasteiger partial charge on any atom is 0.306 e. The lowest BCUT2D eigenvalue weighted by molar-refractivity contribution is -0.145. The van der Waals surface area contributed by atoms with Crippen LogP contribution in [0.3, 0.4) is 0 Å². The van der Waals surface area contributed by atoms with Gasteiger partial charge in [-0.05, 0) is 18.3 Å². The van der Waals surface area contributed by atoms with Crippen molar-refractivity contribution >= 4 is 5.97 Å². The third-order valence-corrected chi connectivity index (χ3v) is 4.48. The Balaban J connectivity index is 2.20. The molecule has 96 valence electrons. The Kier molecular flexibility index (Phi) is 3.06. The normalized spacial score (nSPS) is 38.4. The standard InChI is InChI=1S/C14H22O3/c1-5-8(2)12(16)10-7-14(3,4)13-9(10)6-11(15)17-13/h5,8-10,12-13,16H,1,6-7H2,2-4H3/t8-,9+,10+,12+,13+/m1/s1. The summed E-state index contributed by atoms with van der Waals surface area (Å²) >= 11 is 0. The number of carbonyl (C=O) groups is 1. The molecule has 0 aromatic heterocycles. The molecule has 2 aliphatic rings. The summed E-state index contributed by atoms with van der Waals surface area (Å²) in [6.45, 7) is 9.94. The van der Waals surface area contributed by atoms with Gasteiger partial charge in [0.15, 0.2) is 0 Å². The molecular weight excluding hydrogens is 216 g/mol. The maximum absolute atomic E-state index is 11.4. The zero-order valence-corrected chi connectivity index (χ0v) is 10.8. The molecule has 3 nitrogen and oxygen atoms in total. The number of esters is 1. The first kappa shape index (κ1) is 12.6. The molecule has 2 fully saturated rings. The predicted molar refractivity (Wildman–Crippen MR) is 65.2 cm³/mol. The van der Waals surface area contributed by atoms with E-state index in [0.29, 0.717) is 6.42 Å². The second kappa shape index (κ2) is 4.13. The minimum Gasteiger partial charge on any atom is -0.461 e. The van der Waals surface area contributed by atoms with Crippen molar-refractivity contribution in [1.82, 2.24) is 0 Å². The number of ether oxygens (including phenoxy) is 1. The highest BCUT2D eigenvalue weighted by molar-refractivity contribution is 5.72. The van der Waals surface area contributed by atoms with Gasteiger partial charge in [0, 0.05) is 11.3 Å². The van der Waals surface area contributed by atoms with Crippen LogP contribution in [0.15, 0.2) is 12.7 Å². The van der Waals surface area contributed by atoms with Crippen molar-refractivity contribution in [3.63, 3.8) is 0 Å². The molecule has 17 heavy (non-hydrogen) atoms. The minimum absolute atomic E-state index is 0.0216. The van der Waals surface area contributed by atoms with E-state index in [1.54, 1.807) is 6.08 Å². The molecule has 1 heterocycles. The van der Waals surface area contributed by atoms with Gasteiger partial charge in [0.05, 0.1) is 12.5 Å². The zero-order valence-electron chi connectivity index (χ0n) is 10.8. The molecule has 0 amide bonds. The minimum atomic E-state index is -0.420. The molecule has 5 atom stereocenters. The second-order valence-corrected chi connectivity index (χ2v) is 6.22. The van der Waals surface area contributed by atoms with Gasteiger partial charge in [-0.3, -0.25) is 4.79 Å². The van der Waals surface area contributed by atoms with Gasteiger partial charge in [-0.15, -0.1) is 6.58 Å². The summed E-state index contributed by atoms with van der Waals surface area (Å²) in [5, 5.41) is 10.3. The molecule has 0 aromatic rings. The van der Waals surface area contributed by atoms with Crippen LogP contribution in [-0.4, -0.2) is 23.3 Å². The van der Waals surface area contributed by atoms with E-state index in [1.807, 2.05) is 6.92 Å². The Morgan fingerprint density at radius 2 is 2.24 bits per heavy atom. The molecule has 2 rings (SSSR count). The number of fused-ring (bicyclic) bond motifs is 1. The van der Waals surface area contributed by atoms with E-state index in [0.717, 1.165) is 6.42 Å². The predicted octanol–water partition coefficient (Wildman–Crippen LogP) is 2.15. The van der Waals surface area contributed by atoms with Gasteiger partial charge >= 0.3 is 5.97 Å². The van der Waals surface area contributed by atoms with Crippen LogP contribution in [0.25, 0.3) is 0 Å². The second-order valence-electron chi connectivity index (χ2n) is 6.22. The highest BCUT2D eigenvalue weighted by Crippen LogP contribution is 2.53. The van der Waals surface area contributed by atoms with Crippen molar-refractivity contribution in [2.24, 2.45) is 23.2 Å². The van der Waals surface area contributed by atoms with Gasteiger partial charge in [0.2, 0.25) is 0 Å². The molecule has 0 unspecified atom stereocenters. The molecule has 1 aliphatic carbocycles. The summed E-state index contributed by atoms with van der Waals surface area (Å²) in [5.74, 6) is 0.269. The van der Waals surface area contributed by atoms with Crippen LogP contribution >= 0.6 is 0 Å². The largest absolute Gasteiger partial charge is 0.461 e. The molecule has 0 radical (unpaired) electrons. The smallest absolute Gasteiger partial charge is 0.306 e. The van der Waals surface area contributed by atoms with Crippen LogP contribution in [0.5, 0.6) is 0 Å². The van der Waals surface area contributed by atoms with Crippen LogP contribution in [0.2, 0.25) is 0 Å². The van der Waals surface area contributed by atoms with Gasteiger partial charge in [0.25, 0.3) is 0 Å². The summed E-state index contributed by atoms with van der Waals surface area (Å²) in [5.41, 5.74) is -0.0244. The summed E-state index contributed by atoms with van der Waals surface area (Å²) in [7, 11) is 0. The summed E-state index contributed by atoms with van der Waals surface area (Å²) in [6.07, 6.45) is 2.71. The monoisotopic (exact) mass is 238 g/mol. The Bertz CT molecular complexity index is 334. The molecule has 1 aliphatic heterocycles. The molecule has 1 saturated carbocycles. The van der Waals surface area contributed by atoms with Gasteiger partial charge in [-0.25, -0.2) is 0 Å². The van der Waals surface area contributed by atoms with Gasteiger partial charge in [0.1, 0.15) is 6.10 Å². The molecule has 1 N–H and O–H groups in total. The van der Waals surface area contributed by atoms with E-state index in [-0.39, 0.29) is 35.2 Å². The highest BCUT2D eigenvalue weighted by Gasteiger charge is 2.56. The average Bonchev–Trinajstić information content (AvgIpc) is 2.75. The topological polar surface area (TPSA) is 46.5 Å². The Morgan fingerprint density at radius 3 is 2.82 bits per heavy atom. The number of carbonyl (C=O) groups excluding carboxylic acids is 1. The number of hydrogen-bond donors (Lipinski definition) is 1. The number of rotatable bonds is 3. The molecular formula is C14H22O3. The average molecular weight is 238 g/mol. The van der Waals surface area contributed by atoms with Crippen molar-refractivity contribution < 1.29 is 14.6 Å². The zero-order chi connectivity index (χ0) is 12.8. The Hall–Kier alpha value is -0.830. The number of aliphatic hydroxyl groups is 1. The van der Waals surface area contributed by atoms with Crippen LogP contribution in [0.4, 0.5) is 0 Å². The summed E-state index contributed by atoms with van der Waals surface area (Å²) in [6, 6.07) is 0. The lowest BCUT2D eigenvalue weighted by Crippen LogP contribution is -2.30. The fourth-order valence-corrected chi connectivity index (χ4v) is 3.47. The van der Waals surface area contributed by atoms with Gasteiger partial charge in [-0.2, -0.15) is 0 Å².